The predicted molar refractivity (Wildman–Crippen MR) is 61.9 cm³/mol. The fourth-order valence-corrected chi connectivity index (χ4v) is 1.98. The van der Waals surface area contributed by atoms with Crippen LogP contribution in [-0.4, -0.2) is 19.2 Å². The molecule has 0 aliphatic carbocycles. The first-order valence-corrected chi connectivity index (χ1v) is 5.72. The highest BCUT2D eigenvalue weighted by Gasteiger charge is 2.13. The van der Waals surface area contributed by atoms with E-state index in [0.29, 0.717) is 6.04 Å². The molecule has 2 heteroatoms. The number of ether oxygens (including phenoxy) is 1. The average Bonchev–Trinajstić information content (AvgIpc) is 2.74. The van der Waals surface area contributed by atoms with Crippen LogP contribution >= 0.6 is 0 Å². The SMILES string of the molecule is Cc1ccccc1COC[C@@H]1CCCN1. The Morgan fingerprint density at radius 1 is 1.40 bits per heavy atom. The molecule has 0 bridgehead atoms. The van der Waals surface area contributed by atoms with Gasteiger partial charge in [-0.2, -0.15) is 0 Å². The zero-order valence-corrected chi connectivity index (χ0v) is 9.33. The third-order valence-corrected chi connectivity index (χ3v) is 3.00. The van der Waals surface area contributed by atoms with Crippen molar-refractivity contribution in [2.24, 2.45) is 0 Å². The van der Waals surface area contributed by atoms with Crippen molar-refractivity contribution in [1.29, 1.82) is 0 Å². The molecule has 1 atom stereocenters. The number of nitrogens with one attached hydrogen (secondary N) is 1. The summed E-state index contributed by atoms with van der Waals surface area (Å²) >= 11 is 0. The van der Waals surface area contributed by atoms with Gasteiger partial charge in [0.1, 0.15) is 0 Å². The second-order valence-electron chi connectivity index (χ2n) is 4.23. The third-order valence-electron chi connectivity index (χ3n) is 3.00. The van der Waals surface area contributed by atoms with E-state index in [0.717, 1.165) is 19.8 Å². The summed E-state index contributed by atoms with van der Waals surface area (Å²) in [5, 5.41) is 3.43. The molecule has 0 saturated carbocycles. The molecule has 0 spiro atoms. The first kappa shape index (κ1) is 10.7. The zero-order chi connectivity index (χ0) is 10.5. The van der Waals surface area contributed by atoms with Crippen LogP contribution in [0.3, 0.4) is 0 Å². The number of benzene rings is 1. The van der Waals surface area contributed by atoms with E-state index in [1.807, 2.05) is 0 Å². The van der Waals surface area contributed by atoms with Gasteiger partial charge in [-0.05, 0) is 37.4 Å². The summed E-state index contributed by atoms with van der Waals surface area (Å²) < 4.78 is 5.72. The summed E-state index contributed by atoms with van der Waals surface area (Å²) in [6, 6.07) is 8.98. The number of hydrogen-bond acceptors (Lipinski definition) is 2. The predicted octanol–water partition coefficient (Wildman–Crippen LogP) is 2.26. The lowest BCUT2D eigenvalue weighted by atomic mass is 10.1. The van der Waals surface area contributed by atoms with Crippen molar-refractivity contribution in [3.05, 3.63) is 35.4 Å². The zero-order valence-electron chi connectivity index (χ0n) is 9.33. The van der Waals surface area contributed by atoms with Crippen LogP contribution in [0.1, 0.15) is 24.0 Å². The number of rotatable bonds is 4. The third kappa shape index (κ3) is 3.05. The van der Waals surface area contributed by atoms with E-state index < -0.39 is 0 Å². The van der Waals surface area contributed by atoms with Crippen molar-refractivity contribution in [3.63, 3.8) is 0 Å². The van der Waals surface area contributed by atoms with Crippen molar-refractivity contribution in [2.45, 2.75) is 32.4 Å². The molecule has 0 radical (unpaired) electrons. The maximum atomic E-state index is 5.72. The molecular formula is C13H19NO. The largest absolute Gasteiger partial charge is 0.375 e. The Morgan fingerprint density at radius 3 is 3.00 bits per heavy atom. The van der Waals surface area contributed by atoms with E-state index in [1.165, 1.54) is 24.0 Å². The Bertz CT molecular complexity index is 305. The molecule has 0 unspecified atom stereocenters. The van der Waals surface area contributed by atoms with Gasteiger partial charge in [0, 0.05) is 6.04 Å². The Balaban J connectivity index is 1.75. The van der Waals surface area contributed by atoms with Gasteiger partial charge in [0.2, 0.25) is 0 Å². The van der Waals surface area contributed by atoms with Crippen LogP contribution < -0.4 is 5.32 Å². The smallest absolute Gasteiger partial charge is 0.0720 e. The molecule has 1 heterocycles. The molecule has 1 aromatic rings. The van der Waals surface area contributed by atoms with Crippen molar-refractivity contribution in [1.82, 2.24) is 5.32 Å². The minimum Gasteiger partial charge on any atom is -0.375 e. The lowest BCUT2D eigenvalue weighted by molar-refractivity contribution is 0.103. The Labute approximate surface area is 91.6 Å². The summed E-state index contributed by atoms with van der Waals surface area (Å²) in [5.74, 6) is 0. The fourth-order valence-electron chi connectivity index (χ4n) is 1.98. The van der Waals surface area contributed by atoms with Crippen molar-refractivity contribution in [3.8, 4) is 0 Å². The molecule has 2 nitrogen and oxygen atoms in total. The lowest BCUT2D eigenvalue weighted by Crippen LogP contribution is -2.26. The minimum absolute atomic E-state index is 0.578. The topological polar surface area (TPSA) is 21.3 Å². The van der Waals surface area contributed by atoms with E-state index >= 15 is 0 Å². The highest BCUT2D eigenvalue weighted by Crippen LogP contribution is 2.10. The van der Waals surface area contributed by atoms with Crippen LogP contribution in [0.15, 0.2) is 24.3 Å². The average molecular weight is 205 g/mol. The lowest BCUT2D eigenvalue weighted by Gasteiger charge is -2.11. The molecule has 0 aromatic heterocycles. The van der Waals surface area contributed by atoms with E-state index in [9.17, 15) is 0 Å². The molecule has 15 heavy (non-hydrogen) atoms. The van der Waals surface area contributed by atoms with E-state index in [-0.39, 0.29) is 0 Å². The van der Waals surface area contributed by atoms with Crippen LogP contribution in [0.5, 0.6) is 0 Å². The standard InChI is InChI=1S/C13H19NO/c1-11-5-2-3-6-12(11)9-15-10-13-7-4-8-14-13/h2-3,5-6,13-14H,4,7-10H2,1H3/t13-/m0/s1. The molecule has 1 fully saturated rings. The Kier molecular flexibility index (Phi) is 3.75. The van der Waals surface area contributed by atoms with Gasteiger partial charge in [-0.15, -0.1) is 0 Å². The van der Waals surface area contributed by atoms with Gasteiger partial charge in [0.15, 0.2) is 0 Å². The highest BCUT2D eigenvalue weighted by atomic mass is 16.5. The number of hydrogen-bond donors (Lipinski definition) is 1. The van der Waals surface area contributed by atoms with Crippen LogP contribution in [0.25, 0.3) is 0 Å². The van der Waals surface area contributed by atoms with E-state index in [1.54, 1.807) is 0 Å². The second kappa shape index (κ2) is 5.29. The Morgan fingerprint density at radius 2 is 2.27 bits per heavy atom. The molecule has 1 N–H and O–H groups in total. The molecule has 0 amide bonds. The van der Waals surface area contributed by atoms with Gasteiger partial charge in [-0.1, -0.05) is 24.3 Å². The summed E-state index contributed by atoms with van der Waals surface area (Å²) in [6.07, 6.45) is 2.55. The normalized spacial score (nSPS) is 20.7. The van der Waals surface area contributed by atoms with Gasteiger partial charge in [0.25, 0.3) is 0 Å². The Hall–Kier alpha value is -0.860. The molecule has 2 rings (SSSR count). The maximum absolute atomic E-state index is 5.72. The van der Waals surface area contributed by atoms with Gasteiger partial charge in [-0.25, -0.2) is 0 Å². The first-order chi connectivity index (χ1) is 7.36. The number of aryl methyl sites for hydroxylation is 1. The van der Waals surface area contributed by atoms with Gasteiger partial charge < -0.3 is 10.1 Å². The van der Waals surface area contributed by atoms with Gasteiger partial charge in [-0.3, -0.25) is 0 Å². The molecule has 1 saturated heterocycles. The van der Waals surface area contributed by atoms with E-state index in [2.05, 4.69) is 36.5 Å². The van der Waals surface area contributed by atoms with Crippen LogP contribution in [0.4, 0.5) is 0 Å². The summed E-state index contributed by atoms with van der Waals surface area (Å²) in [6.45, 7) is 4.87. The summed E-state index contributed by atoms with van der Waals surface area (Å²) in [4.78, 5) is 0. The van der Waals surface area contributed by atoms with Crippen LogP contribution in [0, 0.1) is 6.92 Å². The molecular weight excluding hydrogens is 186 g/mol. The molecule has 1 aliphatic rings. The van der Waals surface area contributed by atoms with Gasteiger partial charge >= 0.3 is 0 Å². The molecule has 82 valence electrons. The summed E-state index contributed by atoms with van der Waals surface area (Å²) in [7, 11) is 0. The molecule has 1 aromatic carbocycles. The summed E-state index contributed by atoms with van der Waals surface area (Å²) in [5.41, 5.74) is 2.62. The molecule has 1 aliphatic heterocycles. The monoisotopic (exact) mass is 205 g/mol. The second-order valence-corrected chi connectivity index (χ2v) is 4.23. The maximum Gasteiger partial charge on any atom is 0.0720 e. The van der Waals surface area contributed by atoms with Gasteiger partial charge in [0.05, 0.1) is 13.2 Å². The van der Waals surface area contributed by atoms with Crippen molar-refractivity contribution in [2.75, 3.05) is 13.2 Å². The highest BCUT2D eigenvalue weighted by molar-refractivity contribution is 5.24. The van der Waals surface area contributed by atoms with E-state index in [4.69, 9.17) is 4.74 Å². The van der Waals surface area contributed by atoms with Crippen LogP contribution in [0.2, 0.25) is 0 Å². The fraction of sp³-hybridized carbons (Fsp3) is 0.538. The van der Waals surface area contributed by atoms with Crippen LogP contribution in [-0.2, 0) is 11.3 Å². The quantitative estimate of drug-likeness (QED) is 0.814. The van der Waals surface area contributed by atoms with Crippen molar-refractivity contribution >= 4 is 0 Å². The first-order valence-electron chi connectivity index (χ1n) is 5.72. The minimum atomic E-state index is 0.578. The van der Waals surface area contributed by atoms with Crippen molar-refractivity contribution < 1.29 is 4.74 Å².